The number of alkyl halides is 3. The van der Waals surface area contributed by atoms with Gasteiger partial charge in [-0.3, -0.25) is 19.7 Å². The van der Waals surface area contributed by atoms with E-state index in [9.17, 15) is 18.0 Å². The monoisotopic (exact) mass is 417 g/mol. The highest BCUT2D eigenvalue weighted by atomic mass is 19.4. The second-order valence-corrected chi connectivity index (χ2v) is 6.98. The number of benzene rings is 1. The molecular weight excluding hydrogens is 395 g/mol. The van der Waals surface area contributed by atoms with Crippen molar-refractivity contribution in [3.8, 4) is 0 Å². The van der Waals surface area contributed by atoms with E-state index in [-0.39, 0.29) is 12.5 Å². The van der Waals surface area contributed by atoms with Crippen LogP contribution in [0.2, 0.25) is 0 Å². The summed E-state index contributed by atoms with van der Waals surface area (Å²) in [5.74, 6) is -0.268. The molecule has 2 heterocycles. The molecule has 0 aliphatic carbocycles. The van der Waals surface area contributed by atoms with Crippen LogP contribution < -0.4 is 11.1 Å². The molecule has 158 valence electrons. The van der Waals surface area contributed by atoms with Gasteiger partial charge >= 0.3 is 6.18 Å². The standard InChI is InChI=1S/C21H22F3N5O/c1-26-8-15(7-25)9-28-20(30)16-6-17-12-29(13-19(17)27-10-16)11-14-2-4-18(5-3-14)21(22,23)24/h2-8,10H,9,11-13,25H2,1H3,(H,28,30). The van der Waals surface area contributed by atoms with E-state index in [1.165, 1.54) is 24.5 Å². The molecule has 1 aromatic heterocycles. The van der Waals surface area contributed by atoms with Crippen LogP contribution in [0.5, 0.6) is 0 Å². The van der Waals surface area contributed by atoms with Crippen LogP contribution in [0, 0.1) is 0 Å². The summed E-state index contributed by atoms with van der Waals surface area (Å²) < 4.78 is 38.1. The summed E-state index contributed by atoms with van der Waals surface area (Å²) in [5.41, 5.74) is 8.52. The Morgan fingerprint density at radius 2 is 2.03 bits per heavy atom. The Kier molecular flexibility index (Phi) is 6.51. The van der Waals surface area contributed by atoms with Crippen molar-refractivity contribution in [2.45, 2.75) is 25.8 Å². The van der Waals surface area contributed by atoms with Gasteiger partial charge in [0, 0.05) is 57.4 Å². The van der Waals surface area contributed by atoms with E-state index in [0.29, 0.717) is 30.8 Å². The van der Waals surface area contributed by atoms with Gasteiger partial charge in [-0.25, -0.2) is 0 Å². The smallest absolute Gasteiger partial charge is 0.404 e. The van der Waals surface area contributed by atoms with Crippen LogP contribution in [0.4, 0.5) is 13.2 Å². The topological polar surface area (TPSA) is 83.6 Å². The second-order valence-electron chi connectivity index (χ2n) is 6.98. The van der Waals surface area contributed by atoms with Gasteiger partial charge in [0.15, 0.2) is 0 Å². The first-order chi connectivity index (χ1) is 14.3. The Hall–Kier alpha value is -3.20. The van der Waals surface area contributed by atoms with Crippen LogP contribution in [0.25, 0.3) is 0 Å². The zero-order valence-electron chi connectivity index (χ0n) is 16.4. The predicted molar refractivity (Wildman–Crippen MR) is 108 cm³/mol. The Labute approximate surface area is 172 Å². The number of nitrogens with one attached hydrogen (secondary N) is 1. The molecule has 6 nitrogen and oxygen atoms in total. The maximum absolute atomic E-state index is 12.7. The molecule has 0 spiro atoms. The number of rotatable bonds is 6. The van der Waals surface area contributed by atoms with Crippen LogP contribution in [-0.2, 0) is 25.8 Å². The average molecular weight is 417 g/mol. The van der Waals surface area contributed by atoms with Crippen LogP contribution in [0.3, 0.4) is 0 Å². The molecule has 1 aliphatic heterocycles. The quantitative estimate of drug-likeness (QED) is 0.708. The van der Waals surface area contributed by atoms with Crippen LogP contribution >= 0.6 is 0 Å². The number of carbonyl (C=O) groups excluding carboxylic acids is 1. The molecule has 9 heteroatoms. The van der Waals surface area contributed by atoms with Crippen molar-refractivity contribution >= 4 is 12.1 Å². The van der Waals surface area contributed by atoms with E-state index in [0.717, 1.165) is 29.0 Å². The molecule has 1 aromatic carbocycles. The zero-order valence-corrected chi connectivity index (χ0v) is 16.4. The van der Waals surface area contributed by atoms with E-state index in [2.05, 4.69) is 20.2 Å². The first-order valence-electron chi connectivity index (χ1n) is 9.27. The molecular formula is C21H22F3N5O. The van der Waals surface area contributed by atoms with E-state index >= 15 is 0 Å². The lowest BCUT2D eigenvalue weighted by molar-refractivity contribution is -0.137. The maximum atomic E-state index is 12.7. The van der Waals surface area contributed by atoms with Crippen LogP contribution in [0.15, 0.2) is 53.3 Å². The minimum absolute atomic E-state index is 0.254. The number of nitrogens with zero attached hydrogens (tertiary/aromatic N) is 3. The van der Waals surface area contributed by atoms with Crippen molar-refractivity contribution < 1.29 is 18.0 Å². The Morgan fingerprint density at radius 1 is 1.30 bits per heavy atom. The minimum Gasteiger partial charge on any atom is -0.404 e. The number of amides is 1. The fourth-order valence-corrected chi connectivity index (χ4v) is 3.22. The number of aliphatic imine (C=N–C) groups is 1. The predicted octanol–water partition coefficient (Wildman–Crippen LogP) is 2.89. The first kappa shape index (κ1) is 21.5. The van der Waals surface area contributed by atoms with E-state index in [1.807, 2.05) is 0 Å². The largest absolute Gasteiger partial charge is 0.416 e. The van der Waals surface area contributed by atoms with Crippen molar-refractivity contribution in [3.05, 3.63) is 76.2 Å². The van der Waals surface area contributed by atoms with Crippen molar-refractivity contribution in [2.75, 3.05) is 13.6 Å². The van der Waals surface area contributed by atoms with Crippen molar-refractivity contribution in [1.82, 2.24) is 15.2 Å². The number of fused-ring (bicyclic) bond motifs is 1. The summed E-state index contributed by atoms with van der Waals surface area (Å²) in [6.07, 6.45) is 0.135. The lowest BCUT2D eigenvalue weighted by Gasteiger charge is -2.15. The number of hydrogen-bond acceptors (Lipinski definition) is 5. The van der Waals surface area contributed by atoms with Gasteiger partial charge in [0.05, 0.1) is 16.8 Å². The fourth-order valence-electron chi connectivity index (χ4n) is 3.22. The third kappa shape index (κ3) is 5.24. The molecule has 0 radical (unpaired) electrons. The third-order valence-electron chi connectivity index (χ3n) is 4.74. The average Bonchev–Trinajstić information content (AvgIpc) is 3.12. The molecule has 2 aromatic rings. The van der Waals surface area contributed by atoms with Gasteiger partial charge in [-0.05, 0) is 29.3 Å². The van der Waals surface area contributed by atoms with E-state index < -0.39 is 11.7 Å². The van der Waals surface area contributed by atoms with Crippen molar-refractivity contribution in [2.24, 2.45) is 10.7 Å². The molecule has 30 heavy (non-hydrogen) atoms. The van der Waals surface area contributed by atoms with Crippen LogP contribution in [-0.4, -0.2) is 35.6 Å². The molecule has 3 rings (SSSR count). The van der Waals surface area contributed by atoms with Gasteiger partial charge in [0.1, 0.15) is 0 Å². The summed E-state index contributed by atoms with van der Waals surface area (Å²) in [5, 5.41) is 2.77. The maximum Gasteiger partial charge on any atom is 0.416 e. The van der Waals surface area contributed by atoms with Crippen molar-refractivity contribution in [1.29, 1.82) is 0 Å². The molecule has 0 saturated carbocycles. The molecule has 0 bridgehead atoms. The fraction of sp³-hybridized carbons (Fsp3) is 0.286. The Bertz CT molecular complexity index is 968. The van der Waals surface area contributed by atoms with Gasteiger partial charge < -0.3 is 11.1 Å². The Balaban J connectivity index is 1.61. The SMILES string of the molecule is CN=CC(=CN)CNC(=O)c1cnc2c(c1)CN(Cc1ccc(C(F)(F)F)cc1)C2. The number of hydrogen-bond donors (Lipinski definition) is 2. The summed E-state index contributed by atoms with van der Waals surface area (Å²) in [4.78, 5) is 22.7. The number of halogens is 3. The zero-order chi connectivity index (χ0) is 21.7. The second kappa shape index (κ2) is 9.08. The highest BCUT2D eigenvalue weighted by molar-refractivity contribution is 5.95. The molecule has 0 unspecified atom stereocenters. The van der Waals surface area contributed by atoms with E-state index in [4.69, 9.17) is 5.73 Å². The van der Waals surface area contributed by atoms with E-state index in [1.54, 1.807) is 19.3 Å². The normalized spacial score (nSPS) is 14.9. The van der Waals surface area contributed by atoms with Gasteiger partial charge in [0.2, 0.25) is 0 Å². The molecule has 3 N–H and O–H groups in total. The highest BCUT2D eigenvalue weighted by Gasteiger charge is 2.30. The van der Waals surface area contributed by atoms with Crippen molar-refractivity contribution in [3.63, 3.8) is 0 Å². The minimum atomic E-state index is -4.34. The summed E-state index contributed by atoms with van der Waals surface area (Å²) >= 11 is 0. The molecule has 1 aliphatic rings. The number of nitrogens with two attached hydrogens (primary N) is 1. The first-order valence-corrected chi connectivity index (χ1v) is 9.27. The molecule has 0 saturated heterocycles. The highest BCUT2D eigenvalue weighted by Crippen LogP contribution is 2.30. The number of pyridine rings is 1. The molecule has 0 fully saturated rings. The summed E-state index contributed by atoms with van der Waals surface area (Å²) in [7, 11) is 1.62. The van der Waals surface area contributed by atoms with Gasteiger partial charge in [-0.2, -0.15) is 13.2 Å². The lowest BCUT2D eigenvalue weighted by atomic mass is 10.1. The van der Waals surface area contributed by atoms with Gasteiger partial charge in [0.25, 0.3) is 5.91 Å². The Morgan fingerprint density at radius 3 is 2.67 bits per heavy atom. The number of carbonyl (C=O) groups is 1. The molecule has 0 atom stereocenters. The summed E-state index contributed by atoms with van der Waals surface area (Å²) in [6.45, 7) is 1.90. The number of aromatic nitrogens is 1. The summed E-state index contributed by atoms with van der Waals surface area (Å²) in [6, 6.07) is 6.95. The molecule has 1 amide bonds. The third-order valence-corrected chi connectivity index (χ3v) is 4.74. The van der Waals surface area contributed by atoms with Gasteiger partial charge in [-0.15, -0.1) is 0 Å². The van der Waals surface area contributed by atoms with Crippen LogP contribution in [0.1, 0.15) is 32.7 Å². The van der Waals surface area contributed by atoms with Gasteiger partial charge in [-0.1, -0.05) is 12.1 Å². The lowest BCUT2D eigenvalue weighted by Crippen LogP contribution is -2.26.